The third kappa shape index (κ3) is 2.69. The lowest BCUT2D eigenvalue weighted by Crippen LogP contribution is -2.46. The van der Waals surface area contributed by atoms with Crippen molar-refractivity contribution in [2.24, 2.45) is 5.92 Å². The normalized spacial score (nSPS) is 21.6. The van der Waals surface area contributed by atoms with E-state index in [9.17, 15) is 4.79 Å². The van der Waals surface area contributed by atoms with Crippen molar-refractivity contribution in [3.8, 4) is 0 Å². The molecule has 0 radical (unpaired) electrons. The Morgan fingerprint density at radius 1 is 1.35 bits per heavy atom. The molecule has 23 heavy (non-hydrogen) atoms. The van der Waals surface area contributed by atoms with E-state index in [1.54, 1.807) is 17.7 Å². The summed E-state index contributed by atoms with van der Waals surface area (Å²) in [6.45, 7) is 1.80. The number of nitrogens with zero attached hydrogens (tertiary/aromatic N) is 4. The number of likely N-dealkylation sites (N-methyl/N-ethyl adjacent to an activating group) is 1. The smallest absolute Gasteiger partial charge is 0.245 e. The molecule has 0 N–H and O–H groups in total. The van der Waals surface area contributed by atoms with Crippen LogP contribution in [-0.2, 0) is 4.79 Å². The predicted molar refractivity (Wildman–Crippen MR) is 92.8 cm³/mol. The van der Waals surface area contributed by atoms with E-state index in [-0.39, 0.29) is 11.9 Å². The van der Waals surface area contributed by atoms with Crippen molar-refractivity contribution < 1.29 is 4.79 Å². The van der Waals surface area contributed by atoms with E-state index in [0.717, 1.165) is 42.0 Å². The van der Waals surface area contributed by atoms with E-state index in [1.165, 1.54) is 19.3 Å². The molecular formula is C17H22N4OS. The van der Waals surface area contributed by atoms with Gasteiger partial charge >= 0.3 is 0 Å². The van der Waals surface area contributed by atoms with E-state index in [2.05, 4.69) is 20.9 Å². The van der Waals surface area contributed by atoms with Crippen LogP contribution < -0.4 is 4.90 Å². The van der Waals surface area contributed by atoms with Gasteiger partial charge in [0, 0.05) is 20.1 Å². The molecule has 2 aromatic rings. The van der Waals surface area contributed by atoms with Gasteiger partial charge < -0.3 is 9.80 Å². The fourth-order valence-corrected chi connectivity index (χ4v) is 4.42. The molecule has 2 aromatic heterocycles. The molecule has 1 aliphatic heterocycles. The van der Waals surface area contributed by atoms with Crippen LogP contribution in [-0.4, -0.2) is 47.0 Å². The monoisotopic (exact) mass is 330 g/mol. The highest BCUT2D eigenvalue weighted by molar-refractivity contribution is 7.16. The Kier molecular flexibility index (Phi) is 3.93. The maximum absolute atomic E-state index is 12.9. The number of thiophene rings is 1. The molecule has 0 bridgehead atoms. The average molecular weight is 330 g/mol. The molecule has 1 saturated carbocycles. The largest absolute Gasteiger partial charge is 0.344 e. The fourth-order valence-electron chi connectivity index (χ4n) is 3.69. The summed E-state index contributed by atoms with van der Waals surface area (Å²) in [6, 6.07) is 1.99. The maximum Gasteiger partial charge on any atom is 0.245 e. The van der Waals surface area contributed by atoms with Gasteiger partial charge in [-0.3, -0.25) is 4.79 Å². The summed E-state index contributed by atoms with van der Waals surface area (Å²) < 4.78 is 0. The number of amides is 1. The molecule has 122 valence electrons. The van der Waals surface area contributed by atoms with Gasteiger partial charge in [-0.15, -0.1) is 11.3 Å². The van der Waals surface area contributed by atoms with E-state index < -0.39 is 0 Å². The number of rotatable bonds is 4. The van der Waals surface area contributed by atoms with Crippen molar-refractivity contribution in [1.82, 2.24) is 14.9 Å². The molecule has 1 amide bonds. The van der Waals surface area contributed by atoms with Crippen molar-refractivity contribution in [3.05, 3.63) is 17.8 Å². The molecule has 2 aliphatic rings. The summed E-state index contributed by atoms with van der Waals surface area (Å²) in [7, 11) is 1.96. The summed E-state index contributed by atoms with van der Waals surface area (Å²) >= 11 is 1.62. The topological polar surface area (TPSA) is 49.3 Å². The van der Waals surface area contributed by atoms with Gasteiger partial charge in [-0.2, -0.15) is 0 Å². The summed E-state index contributed by atoms with van der Waals surface area (Å²) in [4.78, 5) is 26.9. The van der Waals surface area contributed by atoms with Crippen LogP contribution in [0.1, 0.15) is 32.1 Å². The quantitative estimate of drug-likeness (QED) is 0.865. The number of hydrogen-bond donors (Lipinski definition) is 0. The SMILES string of the molecule is CN(CC1CCC1)C(=O)[C@@H]1CCCN1c1ncnc2sccc12. The summed E-state index contributed by atoms with van der Waals surface area (Å²) in [6.07, 6.45) is 7.44. The number of aromatic nitrogens is 2. The Balaban J connectivity index is 1.56. The Hall–Kier alpha value is -1.69. The molecule has 1 atom stereocenters. The summed E-state index contributed by atoms with van der Waals surface area (Å²) in [5.41, 5.74) is 0. The third-order valence-corrected chi connectivity index (χ3v) is 6.00. The van der Waals surface area contributed by atoms with Gasteiger partial charge in [-0.25, -0.2) is 9.97 Å². The van der Waals surface area contributed by atoms with Gasteiger partial charge in [0.2, 0.25) is 5.91 Å². The first-order valence-electron chi connectivity index (χ1n) is 8.44. The summed E-state index contributed by atoms with van der Waals surface area (Å²) in [5, 5.41) is 3.11. The highest BCUT2D eigenvalue weighted by Crippen LogP contribution is 2.33. The zero-order chi connectivity index (χ0) is 15.8. The lowest BCUT2D eigenvalue weighted by molar-refractivity contribution is -0.132. The minimum Gasteiger partial charge on any atom is -0.344 e. The Morgan fingerprint density at radius 3 is 3.00 bits per heavy atom. The van der Waals surface area contributed by atoms with Crippen LogP contribution in [0.15, 0.2) is 17.8 Å². The minimum absolute atomic E-state index is 0.0712. The third-order valence-electron chi connectivity index (χ3n) is 5.18. The molecular weight excluding hydrogens is 308 g/mol. The van der Waals surface area contributed by atoms with Gasteiger partial charge in [0.1, 0.15) is 23.0 Å². The zero-order valence-electron chi connectivity index (χ0n) is 13.4. The van der Waals surface area contributed by atoms with E-state index >= 15 is 0 Å². The van der Waals surface area contributed by atoms with Crippen LogP contribution in [0, 0.1) is 5.92 Å². The first kappa shape index (κ1) is 14.9. The number of fused-ring (bicyclic) bond motifs is 1. The van der Waals surface area contributed by atoms with Crippen LogP contribution in [0.25, 0.3) is 10.2 Å². The molecule has 5 nitrogen and oxygen atoms in total. The molecule has 1 aliphatic carbocycles. The molecule has 0 spiro atoms. The van der Waals surface area contributed by atoms with Gasteiger partial charge in [0.05, 0.1) is 5.39 Å². The second kappa shape index (κ2) is 6.07. The predicted octanol–water partition coefficient (Wildman–Crippen LogP) is 2.92. The van der Waals surface area contributed by atoms with Crippen LogP contribution in [0.2, 0.25) is 0 Å². The van der Waals surface area contributed by atoms with Crippen LogP contribution in [0.5, 0.6) is 0 Å². The van der Waals surface area contributed by atoms with Crippen LogP contribution in [0.4, 0.5) is 5.82 Å². The van der Waals surface area contributed by atoms with Crippen LogP contribution >= 0.6 is 11.3 Å². The van der Waals surface area contributed by atoms with E-state index in [1.807, 2.05) is 17.3 Å². The highest BCUT2D eigenvalue weighted by atomic mass is 32.1. The van der Waals surface area contributed by atoms with Crippen molar-refractivity contribution in [1.29, 1.82) is 0 Å². The second-order valence-electron chi connectivity index (χ2n) is 6.70. The standard InChI is InChI=1S/C17H22N4OS/c1-20(10-12-4-2-5-12)17(22)14-6-3-8-21(14)15-13-7-9-23-16(13)19-11-18-15/h7,9,11-12,14H,2-6,8,10H2,1H3/t14-/m0/s1. The van der Waals surface area contributed by atoms with Crippen LogP contribution in [0.3, 0.4) is 0 Å². The minimum atomic E-state index is -0.0712. The van der Waals surface area contributed by atoms with Gasteiger partial charge in [-0.1, -0.05) is 6.42 Å². The number of carbonyl (C=O) groups excluding carboxylic acids is 1. The lowest BCUT2D eigenvalue weighted by Gasteiger charge is -2.33. The van der Waals surface area contributed by atoms with Gasteiger partial charge in [0.25, 0.3) is 0 Å². The number of anilines is 1. The Labute approximate surface area is 140 Å². The molecule has 0 unspecified atom stereocenters. The molecule has 3 heterocycles. The zero-order valence-corrected chi connectivity index (χ0v) is 14.3. The number of hydrogen-bond acceptors (Lipinski definition) is 5. The fraction of sp³-hybridized carbons (Fsp3) is 0.588. The second-order valence-corrected chi connectivity index (χ2v) is 7.60. The van der Waals surface area contributed by atoms with Crippen molar-refractivity contribution in [2.75, 3.05) is 25.0 Å². The highest BCUT2D eigenvalue weighted by Gasteiger charge is 2.35. The Morgan fingerprint density at radius 2 is 2.22 bits per heavy atom. The van der Waals surface area contributed by atoms with E-state index in [4.69, 9.17) is 0 Å². The maximum atomic E-state index is 12.9. The van der Waals surface area contributed by atoms with Crippen molar-refractivity contribution >= 4 is 33.3 Å². The Bertz CT molecular complexity index is 711. The molecule has 2 fully saturated rings. The number of carbonyl (C=O) groups is 1. The molecule has 4 rings (SSSR count). The van der Waals surface area contributed by atoms with Crippen molar-refractivity contribution in [2.45, 2.75) is 38.1 Å². The van der Waals surface area contributed by atoms with Gasteiger partial charge in [0.15, 0.2) is 0 Å². The lowest BCUT2D eigenvalue weighted by atomic mass is 9.85. The van der Waals surface area contributed by atoms with E-state index in [0.29, 0.717) is 5.92 Å². The molecule has 0 aromatic carbocycles. The first-order valence-corrected chi connectivity index (χ1v) is 9.32. The van der Waals surface area contributed by atoms with Gasteiger partial charge in [-0.05, 0) is 43.0 Å². The molecule has 6 heteroatoms. The average Bonchev–Trinajstić information content (AvgIpc) is 3.17. The summed E-state index contributed by atoms with van der Waals surface area (Å²) in [5.74, 6) is 1.88. The molecule has 1 saturated heterocycles. The van der Waals surface area contributed by atoms with Crippen molar-refractivity contribution in [3.63, 3.8) is 0 Å². The first-order chi connectivity index (χ1) is 11.2.